The lowest BCUT2D eigenvalue weighted by molar-refractivity contribution is 0.483. The fourth-order valence-electron chi connectivity index (χ4n) is 1.54. The highest BCUT2D eigenvalue weighted by Gasteiger charge is 2.18. The Hall–Kier alpha value is -1.39. The molecule has 0 aromatic heterocycles. The third-order valence-corrected chi connectivity index (χ3v) is 3.09. The van der Waals surface area contributed by atoms with Crippen molar-refractivity contribution in [3.8, 4) is 0 Å². The van der Waals surface area contributed by atoms with E-state index >= 15 is 0 Å². The maximum Gasteiger partial charge on any atom is 0.295 e. The first-order valence-corrected chi connectivity index (χ1v) is 6.11. The summed E-state index contributed by atoms with van der Waals surface area (Å²) in [6, 6.07) is 4.67. The Labute approximate surface area is 95.9 Å². The van der Waals surface area contributed by atoms with E-state index in [9.17, 15) is 8.42 Å². The van der Waals surface area contributed by atoms with Gasteiger partial charge in [0, 0.05) is 5.56 Å². The summed E-state index contributed by atoms with van der Waals surface area (Å²) in [5.41, 5.74) is 2.41. The van der Waals surface area contributed by atoms with Gasteiger partial charge >= 0.3 is 0 Å². The molecule has 3 nitrogen and oxygen atoms in total. The van der Waals surface area contributed by atoms with Crippen molar-refractivity contribution in [2.24, 2.45) is 0 Å². The van der Waals surface area contributed by atoms with Crippen molar-refractivity contribution in [1.82, 2.24) is 0 Å². The molecule has 0 spiro atoms. The van der Waals surface area contributed by atoms with Gasteiger partial charge in [0.25, 0.3) is 10.1 Å². The molecule has 0 fully saturated rings. The van der Waals surface area contributed by atoms with Gasteiger partial charge in [0.2, 0.25) is 0 Å². The second-order valence-corrected chi connectivity index (χ2v) is 5.10. The van der Waals surface area contributed by atoms with Crippen molar-refractivity contribution in [3.63, 3.8) is 0 Å². The summed E-state index contributed by atoms with van der Waals surface area (Å²) in [4.78, 5) is -0.125. The van der Waals surface area contributed by atoms with E-state index in [2.05, 4.69) is 13.2 Å². The Morgan fingerprint density at radius 3 is 2.12 bits per heavy atom. The number of hydrogen-bond acceptors (Lipinski definition) is 2. The van der Waals surface area contributed by atoms with E-state index in [0.717, 1.165) is 5.57 Å². The molecule has 0 aliphatic heterocycles. The molecule has 1 rings (SSSR count). The van der Waals surface area contributed by atoms with E-state index in [1.165, 1.54) is 6.07 Å². The topological polar surface area (TPSA) is 54.4 Å². The van der Waals surface area contributed by atoms with Gasteiger partial charge in [0.1, 0.15) is 4.90 Å². The first kappa shape index (κ1) is 12.7. The summed E-state index contributed by atoms with van der Waals surface area (Å²) >= 11 is 0. The lowest BCUT2D eigenvalue weighted by atomic mass is 9.97. The average Bonchev–Trinajstić information content (AvgIpc) is 2.14. The van der Waals surface area contributed by atoms with E-state index in [1.54, 1.807) is 26.0 Å². The molecule has 1 aromatic carbocycles. The Kier molecular flexibility index (Phi) is 3.35. The molecule has 1 N–H and O–H groups in total. The Morgan fingerprint density at radius 2 is 1.75 bits per heavy atom. The number of benzene rings is 1. The van der Waals surface area contributed by atoms with Gasteiger partial charge in [-0.2, -0.15) is 8.42 Å². The molecule has 0 heterocycles. The minimum Gasteiger partial charge on any atom is -0.282 e. The third-order valence-electron chi connectivity index (χ3n) is 2.19. The first-order valence-electron chi connectivity index (χ1n) is 4.67. The monoisotopic (exact) mass is 238 g/mol. The van der Waals surface area contributed by atoms with Crippen LogP contribution in [0.4, 0.5) is 0 Å². The van der Waals surface area contributed by atoms with Gasteiger partial charge in [-0.15, -0.1) is 0 Å². The van der Waals surface area contributed by atoms with Crippen molar-refractivity contribution in [1.29, 1.82) is 0 Å². The van der Waals surface area contributed by atoms with Crippen LogP contribution in [-0.4, -0.2) is 13.0 Å². The predicted molar refractivity (Wildman–Crippen MR) is 65.7 cm³/mol. The molecular weight excluding hydrogens is 224 g/mol. The summed E-state index contributed by atoms with van der Waals surface area (Å²) in [7, 11) is -4.24. The van der Waals surface area contributed by atoms with Crippen LogP contribution < -0.4 is 0 Å². The lowest BCUT2D eigenvalue weighted by Crippen LogP contribution is -2.04. The molecule has 0 aliphatic rings. The van der Waals surface area contributed by atoms with Crippen molar-refractivity contribution in [2.75, 3.05) is 0 Å². The van der Waals surface area contributed by atoms with Gasteiger partial charge < -0.3 is 0 Å². The summed E-state index contributed by atoms with van der Waals surface area (Å²) in [6.07, 6.45) is 0. The second-order valence-electron chi connectivity index (χ2n) is 3.71. The molecule has 16 heavy (non-hydrogen) atoms. The minimum atomic E-state index is -4.24. The summed E-state index contributed by atoms with van der Waals surface area (Å²) < 4.78 is 31.6. The highest BCUT2D eigenvalue weighted by molar-refractivity contribution is 7.86. The minimum absolute atomic E-state index is 0.125. The van der Waals surface area contributed by atoms with Crippen LogP contribution in [0.25, 0.3) is 11.1 Å². The lowest BCUT2D eigenvalue weighted by Gasteiger charge is -2.12. The highest BCUT2D eigenvalue weighted by atomic mass is 32.2. The SMILES string of the molecule is C=C(C)c1cccc(S(=O)(=O)O)c1C(=C)C. The molecule has 0 radical (unpaired) electrons. The van der Waals surface area contributed by atoms with Gasteiger partial charge in [-0.3, -0.25) is 4.55 Å². The zero-order valence-corrected chi connectivity index (χ0v) is 10.1. The highest BCUT2D eigenvalue weighted by Crippen LogP contribution is 2.29. The average molecular weight is 238 g/mol. The molecule has 0 bridgehead atoms. The van der Waals surface area contributed by atoms with Crippen molar-refractivity contribution >= 4 is 21.3 Å². The maximum atomic E-state index is 11.2. The largest absolute Gasteiger partial charge is 0.295 e. The van der Waals surface area contributed by atoms with Gasteiger partial charge in [-0.05, 0) is 31.1 Å². The van der Waals surface area contributed by atoms with Gasteiger partial charge in [0.15, 0.2) is 0 Å². The van der Waals surface area contributed by atoms with Crippen LogP contribution in [0.1, 0.15) is 25.0 Å². The predicted octanol–water partition coefficient (Wildman–Crippen LogP) is 3.00. The molecule has 0 saturated carbocycles. The molecule has 4 heteroatoms. The fraction of sp³-hybridized carbons (Fsp3) is 0.167. The normalized spacial score (nSPS) is 11.2. The molecular formula is C12H14O3S. The Bertz CT molecular complexity index is 554. The van der Waals surface area contributed by atoms with Gasteiger partial charge in [-0.1, -0.05) is 30.9 Å². The van der Waals surface area contributed by atoms with E-state index < -0.39 is 10.1 Å². The van der Waals surface area contributed by atoms with Gasteiger partial charge in [0.05, 0.1) is 0 Å². The number of hydrogen-bond donors (Lipinski definition) is 1. The molecule has 0 unspecified atom stereocenters. The van der Waals surface area contributed by atoms with Crippen molar-refractivity contribution in [2.45, 2.75) is 18.7 Å². The van der Waals surface area contributed by atoms with Crippen LogP contribution in [0.3, 0.4) is 0 Å². The van der Waals surface area contributed by atoms with Gasteiger partial charge in [-0.25, -0.2) is 0 Å². The quantitative estimate of drug-likeness (QED) is 0.823. The standard InChI is InChI=1S/C12H14O3S/c1-8(2)10-6-5-7-11(16(13,14)15)12(10)9(3)4/h5-7H,1,3H2,2,4H3,(H,13,14,15). The van der Waals surface area contributed by atoms with E-state index in [-0.39, 0.29) is 4.90 Å². The molecule has 0 amide bonds. The van der Waals surface area contributed by atoms with E-state index in [0.29, 0.717) is 16.7 Å². The molecule has 0 saturated heterocycles. The number of rotatable bonds is 3. The summed E-state index contributed by atoms with van der Waals surface area (Å²) in [5.74, 6) is 0. The van der Waals surface area contributed by atoms with Crippen LogP contribution in [0, 0.1) is 0 Å². The first-order chi connectivity index (χ1) is 7.25. The van der Waals surface area contributed by atoms with Crippen LogP contribution in [0.15, 0.2) is 36.3 Å². The number of allylic oxidation sites excluding steroid dienone is 2. The second kappa shape index (κ2) is 4.23. The van der Waals surface area contributed by atoms with Crippen molar-refractivity contribution < 1.29 is 13.0 Å². The summed E-state index contributed by atoms with van der Waals surface area (Å²) in [5, 5.41) is 0. The fourth-order valence-corrected chi connectivity index (χ4v) is 2.33. The molecule has 86 valence electrons. The molecule has 1 aromatic rings. The van der Waals surface area contributed by atoms with Crippen LogP contribution in [0.5, 0.6) is 0 Å². The van der Waals surface area contributed by atoms with Crippen LogP contribution in [-0.2, 0) is 10.1 Å². The zero-order valence-electron chi connectivity index (χ0n) is 9.32. The van der Waals surface area contributed by atoms with E-state index in [1.807, 2.05) is 0 Å². The maximum absolute atomic E-state index is 11.2. The van der Waals surface area contributed by atoms with E-state index in [4.69, 9.17) is 4.55 Å². The smallest absolute Gasteiger partial charge is 0.282 e. The Morgan fingerprint density at radius 1 is 1.19 bits per heavy atom. The molecule has 0 atom stereocenters. The zero-order chi connectivity index (χ0) is 12.5. The molecule has 0 aliphatic carbocycles. The Balaban J connectivity index is 3.72. The van der Waals surface area contributed by atoms with Crippen molar-refractivity contribution in [3.05, 3.63) is 42.5 Å². The van der Waals surface area contributed by atoms with Crippen LogP contribution >= 0.6 is 0 Å². The summed E-state index contributed by atoms with van der Waals surface area (Å²) in [6.45, 7) is 11.0. The van der Waals surface area contributed by atoms with Crippen LogP contribution in [0.2, 0.25) is 0 Å². The third kappa shape index (κ3) is 2.40.